The van der Waals surface area contributed by atoms with Crippen molar-refractivity contribution in [3.63, 3.8) is 0 Å². The quantitative estimate of drug-likeness (QED) is 0.769. The van der Waals surface area contributed by atoms with Crippen LogP contribution in [0, 0.1) is 11.3 Å². The van der Waals surface area contributed by atoms with Crippen LogP contribution in [0.25, 0.3) is 0 Å². The molecule has 1 aromatic rings. The number of rotatable bonds is 1. The Bertz CT molecular complexity index is 725. The van der Waals surface area contributed by atoms with Crippen molar-refractivity contribution in [2.45, 2.75) is 0 Å². The van der Waals surface area contributed by atoms with Gasteiger partial charge in [-0.25, -0.2) is 0 Å². The number of nitrogens with one attached hydrogen (secondary N) is 1. The Hall–Kier alpha value is -1.71. The van der Waals surface area contributed by atoms with Gasteiger partial charge >= 0.3 is 0 Å². The molecule has 0 aliphatic carbocycles. The molecule has 0 radical (unpaired) electrons. The van der Waals surface area contributed by atoms with Crippen LogP contribution < -0.4 is 16.0 Å². The van der Waals surface area contributed by atoms with E-state index in [1.807, 2.05) is 30.6 Å². The first-order chi connectivity index (χ1) is 9.60. The Morgan fingerprint density at radius 1 is 1.35 bits per heavy atom. The highest BCUT2D eigenvalue weighted by molar-refractivity contribution is 9.11. The molecule has 0 fully saturated rings. The molecule has 1 aromatic carbocycles. The number of allylic oxidation sites excluding steroid dienone is 1. The first kappa shape index (κ1) is 13.3. The maximum Gasteiger partial charge on any atom is 0.119 e. The van der Waals surface area contributed by atoms with Gasteiger partial charge in [0, 0.05) is 33.5 Å². The summed E-state index contributed by atoms with van der Waals surface area (Å²) in [4.78, 5) is 2.09. The number of dihydropyridines is 1. The number of nitriles is 1. The molecule has 4 nitrogen and oxygen atoms in total. The van der Waals surface area contributed by atoms with Gasteiger partial charge in [0.2, 0.25) is 0 Å². The molecule has 2 aliphatic rings. The van der Waals surface area contributed by atoms with E-state index in [4.69, 9.17) is 5.73 Å². The van der Waals surface area contributed by atoms with Crippen LogP contribution in [0.2, 0.25) is 0 Å². The van der Waals surface area contributed by atoms with Gasteiger partial charge in [-0.1, -0.05) is 15.9 Å². The third-order valence-corrected chi connectivity index (χ3v) is 4.37. The van der Waals surface area contributed by atoms with E-state index in [1.165, 1.54) is 0 Å². The summed E-state index contributed by atoms with van der Waals surface area (Å²) in [6.07, 6.45) is 3.82. The molecule has 6 heteroatoms. The van der Waals surface area contributed by atoms with Crippen LogP contribution in [0.15, 0.2) is 62.1 Å². The molecule has 0 saturated carbocycles. The van der Waals surface area contributed by atoms with Crippen LogP contribution >= 0.6 is 31.9 Å². The molecule has 100 valence electrons. The summed E-state index contributed by atoms with van der Waals surface area (Å²) in [5.41, 5.74) is 9.30. The SMILES string of the molecule is N#CC1=C(N)NC=C2CN(c3ccc(Br)cc3Br)C=C21. The Morgan fingerprint density at radius 3 is 2.85 bits per heavy atom. The lowest BCUT2D eigenvalue weighted by Crippen LogP contribution is -2.22. The van der Waals surface area contributed by atoms with E-state index in [0.29, 0.717) is 17.9 Å². The van der Waals surface area contributed by atoms with E-state index in [2.05, 4.69) is 48.1 Å². The fraction of sp³-hybridized carbons (Fsp3) is 0.0714. The average molecular weight is 394 g/mol. The fourth-order valence-electron chi connectivity index (χ4n) is 2.27. The molecule has 2 heterocycles. The van der Waals surface area contributed by atoms with Crippen molar-refractivity contribution in [1.29, 1.82) is 5.26 Å². The Kier molecular flexibility index (Phi) is 3.32. The number of hydrogen-bond donors (Lipinski definition) is 2. The fourth-order valence-corrected chi connectivity index (χ4v) is 3.55. The van der Waals surface area contributed by atoms with Gasteiger partial charge in [0.25, 0.3) is 0 Å². The van der Waals surface area contributed by atoms with Crippen molar-refractivity contribution in [2.24, 2.45) is 5.73 Å². The summed E-state index contributed by atoms with van der Waals surface area (Å²) in [6, 6.07) is 8.17. The van der Waals surface area contributed by atoms with E-state index in [9.17, 15) is 5.26 Å². The molecule has 0 bridgehead atoms. The Labute approximate surface area is 133 Å². The maximum atomic E-state index is 9.23. The molecular weight excluding hydrogens is 384 g/mol. The van der Waals surface area contributed by atoms with E-state index < -0.39 is 0 Å². The zero-order chi connectivity index (χ0) is 14.3. The van der Waals surface area contributed by atoms with Crippen LogP contribution in [-0.2, 0) is 0 Å². The second-order valence-corrected chi connectivity index (χ2v) is 6.25. The molecule has 0 amide bonds. The highest BCUT2D eigenvalue weighted by Gasteiger charge is 2.27. The van der Waals surface area contributed by atoms with Gasteiger partial charge in [0.1, 0.15) is 17.5 Å². The monoisotopic (exact) mass is 392 g/mol. The van der Waals surface area contributed by atoms with Crippen molar-refractivity contribution < 1.29 is 0 Å². The van der Waals surface area contributed by atoms with Gasteiger partial charge in [-0.15, -0.1) is 0 Å². The molecule has 20 heavy (non-hydrogen) atoms. The first-order valence-corrected chi connectivity index (χ1v) is 7.48. The molecule has 0 atom stereocenters. The van der Waals surface area contributed by atoms with Gasteiger partial charge < -0.3 is 16.0 Å². The lowest BCUT2D eigenvalue weighted by Gasteiger charge is -2.18. The minimum Gasteiger partial charge on any atom is -0.384 e. The lowest BCUT2D eigenvalue weighted by molar-refractivity contribution is 0.961. The summed E-state index contributed by atoms with van der Waals surface area (Å²) in [5.74, 6) is 0.402. The van der Waals surface area contributed by atoms with Crippen molar-refractivity contribution >= 4 is 37.5 Å². The lowest BCUT2D eigenvalue weighted by atomic mass is 10.0. The topological polar surface area (TPSA) is 65.1 Å². The van der Waals surface area contributed by atoms with E-state index >= 15 is 0 Å². The number of halogens is 2. The second-order valence-electron chi connectivity index (χ2n) is 4.48. The predicted octanol–water partition coefficient (Wildman–Crippen LogP) is 3.10. The zero-order valence-electron chi connectivity index (χ0n) is 10.3. The Balaban J connectivity index is 2.02. The third kappa shape index (κ3) is 2.13. The average Bonchev–Trinajstić information content (AvgIpc) is 2.82. The minimum absolute atomic E-state index is 0.402. The first-order valence-electron chi connectivity index (χ1n) is 5.90. The van der Waals surface area contributed by atoms with Crippen LogP contribution in [0.1, 0.15) is 0 Å². The zero-order valence-corrected chi connectivity index (χ0v) is 13.5. The van der Waals surface area contributed by atoms with E-state index in [0.717, 1.165) is 25.8 Å². The molecule has 0 aromatic heterocycles. The van der Waals surface area contributed by atoms with Crippen LogP contribution in [-0.4, -0.2) is 6.54 Å². The van der Waals surface area contributed by atoms with Gasteiger partial charge in [0.05, 0.1) is 5.69 Å². The van der Waals surface area contributed by atoms with Crippen molar-refractivity contribution in [3.8, 4) is 6.07 Å². The molecule has 0 unspecified atom stereocenters. The molecule has 0 spiro atoms. The van der Waals surface area contributed by atoms with Crippen LogP contribution in [0.4, 0.5) is 5.69 Å². The standard InChI is InChI=1S/C14H10Br2N4/c15-9-1-2-13(12(16)3-9)20-6-8-5-19-14(18)10(4-17)11(8)7-20/h1-3,5,7,19H,6,18H2. The van der Waals surface area contributed by atoms with Crippen molar-refractivity contribution in [1.82, 2.24) is 5.32 Å². The van der Waals surface area contributed by atoms with E-state index in [-0.39, 0.29) is 0 Å². The van der Waals surface area contributed by atoms with Crippen LogP contribution in [0.3, 0.4) is 0 Å². The highest BCUT2D eigenvalue weighted by Crippen LogP contribution is 2.36. The molecule has 3 rings (SSSR count). The molecule has 0 saturated heterocycles. The molecular formula is C14H10Br2N4. The van der Waals surface area contributed by atoms with Crippen LogP contribution in [0.5, 0.6) is 0 Å². The number of anilines is 1. The normalized spacial score (nSPS) is 17.1. The summed E-state index contributed by atoms with van der Waals surface area (Å²) in [7, 11) is 0. The maximum absolute atomic E-state index is 9.23. The van der Waals surface area contributed by atoms with E-state index in [1.54, 1.807) is 0 Å². The number of nitrogens with two attached hydrogens (primary N) is 1. The van der Waals surface area contributed by atoms with Crippen molar-refractivity contribution in [2.75, 3.05) is 11.4 Å². The van der Waals surface area contributed by atoms with Gasteiger partial charge in [-0.05, 0) is 39.7 Å². The predicted molar refractivity (Wildman–Crippen MR) is 85.3 cm³/mol. The highest BCUT2D eigenvalue weighted by atomic mass is 79.9. The van der Waals surface area contributed by atoms with Gasteiger partial charge in [-0.2, -0.15) is 5.26 Å². The number of fused-ring (bicyclic) bond motifs is 1. The van der Waals surface area contributed by atoms with Gasteiger partial charge in [0.15, 0.2) is 0 Å². The largest absolute Gasteiger partial charge is 0.384 e. The number of hydrogen-bond acceptors (Lipinski definition) is 4. The summed E-state index contributed by atoms with van der Waals surface area (Å²) in [6.45, 7) is 0.709. The van der Waals surface area contributed by atoms with Crippen molar-refractivity contribution in [3.05, 3.63) is 62.1 Å². The number of benzene rings is 1. The second kappa shape index (κ2) is 5.00. The minimum atomic E-state index is 0.402. The summed E-state index contributed by atoms with van der Waals surface area (Å²) < 4.78 is 2.01. The summed E-state index contributed by atoms with van der Waals surface area (Å²) >= 11 is 7.00. The smallest absolute Gasteiger partial charge is 0.119 e. The van der Waals surface area contributed by atoms with Gasteiger partial charge in [-0.3, -0.25) is 0 Å². The molecule has 2 aliphatic heterocycles. The molecule has 3 N–H and O–H groups in total. The number of nitrogens with zero attached hydrogens (tertiary/aromatic N) is 2. The third-order valence-electron chi connectivity index (χ3n) is 3.24. The Morgan fingerprint density at radius 2 is 2.15 bits per heavy atom. The summed E-state index contributed by atoms with van der Waals surface area (Å²) in [5, 5.41) is 12.2.